The van der Waals surface area contributed by atoms with E-state index in [1.807, 2.05) is 109 Å². The summed E-state index contributed by atoms with van der Waals surface area (Å²) in [7, 11) is 0. The summed E-state index contributed by atoms with van der Waals surface area (Å²) in [5.74, 6) is -0.0133. The van der Waals surface area contributed by atoms with Gasteiger partial charge in [0.25, 0.3) is 0 Å². The first kappa shape index (κ1) is 23.0. The van der Waals surface area contributed by atoms with Crippen LogP contribution in [0.15, 0.2) is 133 Å². The van der Waals surface area contributed by atoms with E-state index in [4.69, 9.17) is 0 Å². The minimum absolute atomic E-state index is 0.00665. The number of nitrogens with zero attached hydrogens (tertiary/aromatic N) is 1. The van der Waals surface area contributed by atoms with E-state index < -0.39 is 0 Å². The number of carbonyl (C=O) groups excluding carboxylic acids is 2. The highest BCUT2D eigenvalue weighted by Crippen LogP contribution is 2.35. The topological polar surface area (TPSA) is 37.4 Å². The van der Waals surface area contributed by atoms with Crippen LogP contribution in [0.4, 0.5) is 17.1 Å². The van der Waals surface area contributed by atoms with Crippen LogP contribution in [0.3, 0.4) is 0 Å². The number of benzene rings is 5. The Bertz CT molecular complexity index is 1380. The van der Waals surface area contributed by atoms with Gasteiger partial charge in [-0.05, 0) is 67.6 Å². The molecule has 0 aliphatic carbocycles. The molecule has 5 aromatic rings. The van der Waals surface area contributed by atoms with E-state index in [-0.39, 0.29) is 11.6 Å². The maximum Gasteiger partial charge on any atom is 0.193 e. The van der Waals surface area contributed by atoms with Crippen molar-refractivity contribution in [2.24, 2.45) is 0 Å². The Morgan fingerprint density at radius 1 is 0.417 bits per heavy atom. The molecule has 0 unspecified atom stereocenters. The summed E-state index contributed by atoms with van der Waals surface area (Å²) in [4.78, 5) is 27.9. The molecule has 174 valence electrons. The minimum Gasteiger partial charge on any atom is -0.311 e. The fraction of sp³-hybridized carbons (Fsp3) is 0.0303. The number of aryl methyl sites for hydroxylation is 1. The Balaban J connectivity index is 1.48. The van der Waals surface area contributed by atoms with Gasteiger partial charge in [-0.2, -0.15) is 0 Å². The Hall–Kier alpha value is -4.76. The monoisotopic (exact) mass is 467 g/mol. The van der Waals surface area contributed by atoms with Crippen molar-refractivity contribution in [2.45, 2.75) is 6.92 Å². The molecule has 0 atom stereocenters. The smallest absolute Gasteiger partial charge is 0.193 e. The lowest BCUT2D eigenvalue weighted by molar-refractivity contribution is 0.103. The van der Waals surface area contributed by atoms with Crippen molar-refractivity contribution in [1.82, 2.24) is 0 Å². The normalized spacial score (nSPS) is 10.6. The van der Waals surface area contributed by atoms with Gasteiger partial charge in [0.15, 0.2) is 11.6 Å². The number of anilines is 3. The predicted octanol–water partition coefficient (Wildman–Crippen LogP) is 7.93. The van der Waals surface area contributed by atoms with Gasteiger partial charge in [0, 0.05) is 39.3 Å². The lowest BCUT2D eigenvalue weighted by Gasteiger charge is -2.26. The number of hydrogen-bond acceptors (Lipinski definition) is 3. The van der Waals surface area contributed by atoms with E-state index >= 15 is 0 Å². The van der Waals surface area contributed by atoms with Gasteiger partial charge >= 0.3 is 0 Å². The molecule has 0 saturated heterocycles. The molecule has 0 N–H and O–H groups in total. The summed E-state index contributed by atoms with van der Waals surface area (Å²) in [6, 6.07) is 42.1. The third kappa shape index (κ3) is 4.86. The van der Waals surface area contributed by atoms with Crippen molar-refractivity contribution in [2.75, 3.05) is 4.90 Å². The zero-order valence-electron chi connectivity index (χ0n) is 20.0. The first-order valence-corrected chi connectivity index (χ1v) is 11.9. The van der Waals surface area contributed by atoms with Crippen LogP contribution in [0.5, 0.6) is 0 Å². The average Bonchev–Trinajstić information content (AvgIpc) is 2.95. The van der Waals surface area contributed by atoms with Crippen molar-refractivity contribution >= 4 is 28.6 Å². The lowest BCUT2D eigenvalue weighted by atomic mass is 10.0. The quantitative estimate of drug-likeness (QED) is 0.228. The summed E-state index contributed by atoms with van der Waals surface area (Å²) in [6.45, 7) is 2.06. The standard InChI is InChI=1S/C33H25NO2/c1-24-12-18-29(19-13-24)34(30-20-14-27(15-21-30)32(35)25-8-4-2-5-9-25)31-22-16-28(17-23-31)33(36)26-10-6-3-7-11-26/h2-23H,1H3. The van der Waals surface area contributed by atoms with E-state index in [0.717, 1.165) is 17.1 Å². The molecule has 0 bridgehead atoms. The zero-order chi connectivity index (χ0) is 24.9. The predicted molar refractivity (Wildman–Crippen MR) is 146 cm³/mol. The number of ketones is 2. The van der Waals surface area contributed by atoms with E-state index in [9.17, 15) is 9.59 Å². The van der Waals surface area contributed by atoms with Crippen molar-refractivity contribution < 1.29 is 9.59 Å². The molecule has 0 spiro atoms. The molecule has 0 aromatic heterocycles. The maximum absolute atomic E-state index is 12.9. The first-order chi connectivity index (χ1) is 17.6. The van der Waals surface area contributed by atoms with Crippen LogP contribution < -0.4 is 4.90 Å². The molecule has 0 aliphatic heterocycles. The molecule has 36 heavy (non-hydrogen) atoms. The molecule has 0 saturated carbocycles. The van der Waals surface area contributed by atoms with Crippen LogP contribution in [0.2, 0.25) is 0 Å². The van der Waals surface area contributed by atoms with Gasteiger partial charge in [0.2, 0.25) is 0 Å². The third-order valence-electron chi connectivity index (χ3n) is 6.14. The highest BCUT2D eigenvalue weighted by Gasteiger charge is 2.16. The van der Waals surface area contributed by atoms with Gasteiger partial charge in [0.1, 0.15) is 0 Å². The zero-order valence-corrected chi connectivity index (χ0v) is 20.0. The summed E-state index contributed by atoms with van der Waals surface area (Å²) in [6.07, 6.45) is 0. The number of carbonyl (C=O) groups is 2. The minimum atomic E-state index is -0.00665. The molecule has 5 rings (SSSR count). The molecule has 3 heteroatoms. The van der Waals surface area contributed by atoms with Crippen LogP contribution >= 0.6 is 0 Å². The molecule has 0 aliphatic rings. The summed E-state index contributed by atoms with van der Waals surface area (Å²) in [5.41, 5.74) is 6.61. The second kappa shape index (κ2) is 10.2. The number of rotatable bonds is 7. The van der Waals surface area contributed by atoms with Gasteiger partial charge in [-0.15, -0.1) is 0 Å². The highest BCUT2D eigenvalue weighted by atomic mass is 16.1. The average molecular weight is 468 g/mol. The molecule has 3 nitrogen and oxygen atoms in total. The van der Waals surface area contributed by atoms with Gasteiger partial charge < -0.3 is 4.90 Å². The Morgan fingerprint density at radius 3 is 1.08 bits per heavy atom. The van der Waals surface area contributed by atoms with Crippen LogP contribution in [-0.2, 0) is 0 Å². The molecule has 0 fully saturated rings. The van der Waals surface area contributed by atoms with Crippen molar-refractivity contribution in [3.05, 3.63) is 161 Å². The van der Waals surface area contributed by atoms with Crippen molar-refractivity contribution in [3.8, 4) is 0 Å². The van der Waals surface area contributed by atoms with Crippen LogP contribution in [0.1, 0.15) is 37.4 Å². The second-order valence-electron chi connectivity index (χ2n) is 8.66. The summed E-state index contributed by atoms with van der Waals surface area (Å²) >= 11 is 0. The van der Waals surface area contributed by atoms with E-state index in [1.54, 1.807) is 0 Å². The largest absolute Gasteiger partial charge is 0.311 e. The molecule has 0 heterocycles. The Kier molecular flexibility index (Phi) is 6.55. The molecule has 5 aromatic carbocycles. The lowest BCUT2D eigenvalue weighted by Crippen LogP contribution is -2.11. The van der Waals surface area contributed by atoms with E-state index in [2.05, 4.69) is 36.1 Å². The van der Waals surface area contributed by atoms with Crippen molar-refractivity contribution in [1.29, 1.82) is 0 Å². The van der Waals surface area contributed by atoms with Gasteiger partial charge in [0.05, 0.1) is 0 Å². The Morgan fingerprint density at radius 2 is 0.722 bits per heavy atom. The number of hydrogen-bond donors (Lipinski definition) is 0. The molecule has 0 amide bonds. The fourth-order valence-electron chi connectivity index (χ4n) is 4.18. The maximum atomic E-state index is 12.9. The summed E-state index contributed by atoms with van der Waals surface area (Å²) < 4.78 is 0. The van der Waals surface area contributed by atoms with Crippen LogP contribution in [-0.4, -0.2) is 11.6 Å². The van der Waals surface area contributed by atoms with E-state index in [0.29, 0.717) is 22.3 Å². The third-order valence-corrected chi connectivity index (χ3v) is 6.14. The van der Waals surface area contributed by atoms with Crippen LogP contribution in [0, 0.1) is 6.92 Å². The molecular weight excluding hydrogens is 442 g/mol. The SMILES string of the molecule is Cc1ccc(N(c2ccc(C(=O)c3ccccc3)cc2)c2ccc(C(=O)c3ccccc3)cc2)cc1. The van der Waals surface area contributed by atoms with E-state index in [1.165, 1.54) is 5.56 Å². The second-order valence-corrected chi connectivity index (χ2v) is 8.66. The van der Waals surface area contributed by atoms with Crippen LogP contribution in [0.25, 0.3) is 0 Å². The first-order valence-electron chi connectivity index (χ1n) is 11.9. The van der Waals surface area contributed by atoms with Gasteiger partial charge in [-0.1, -0.05) is 78.4 Å². The van der Waals surface area contributed by atoms with Crippen molar-refractivity contribution in [3.63, 3.8) is 0 Å². The van der Waals surface area contributed by atoms with Gasteiger partial charge in [-0.25, -0.2) is 0 Å². The van der Waals surface area contributed by atoms with Gasteiger partial charge in [-0.3, -0.25) is 9.59 Å². The highest BCUT2D eigenvalue weighted by molar-refractivity contribution is 6.10. The Labute approximate surface area is 211 Å². The molecule has 0 radical (unpaired) electrons. The molecular formula is C33H25NO2. The fourth-order valence-corrected chi connectivity index (χ4v) is 4.18. The summed E-state index contributed by atoms with van der Waals surface area (Å²) in [5, 5.41) is 0.